The van der Waals surface area contributed by atoms with Gasteiger partial charge in [-0.3, -0.25) is 9.78 Å². The zero-order chi connectivity index (χ0) is 23.3. The number of benzene rings is 2. The van der Waals surface area contributed by atoms with Crippen molar-refractivity contribution >= 4 is 28.3 Å². The molecule has 0 spiro atoms. The molecule has 0 atom stereocenters. The molecule has 1 aliphatic heterocycles. The van der Waals surface area contributed by atoms with Crippen LogP contribution in [-0.2, 0) is 23.8 Å². The van der Waals surface area contributed by atoms with Crippen LogP contribution in [0.3, 0.4) is 0 Å². The van der Waals surface area contributed by atoms with E-state index in [1.54, 1.807) is 24.4 Å². The number of alkyl halides is 3. The first-order valence-electron chi connectivity index (χ1n) is 10.1. The fourth-order valence-corrected chi connectivity index (χ4v) is 4.19. The summed E-state index contributed by atoms with van der Waals surface area (Å²) in [6.45, 7) is 0.378. The maximum atomic E-state index is 13.7. The van der Waals surface area contributed by atoms with Crippen molar-refractivity contribution in [1.82, 2.24) is 4.98 Å². The summed E-state index contributed by atoms with van der Waals surface area (Å²) in [5.41, 5.74) is 9.12. The van der Waals surface area contributed by atoms with Crippen molar-refractivity contribution in [2.45, 2.75) is 19.0 Å². The average Bonchev–Trinajstić information content (AvgIpc) is 3.40. The Morgan fingerprint density at radius 1 is 1.15 bits per heavy atom. The fourth-order valence-electron chi connectivity index (χ4n) is 4.19. The Balaban J connectivity index is 1.41. The maximum absolute atomic E-state index is 13.7. The van der Waals surface area contributed by atoms with E-state index in [9.17, 15) is 22.4 Å². The molecule has 2 N–H and O–H groups in total. The van der Waals surface area contributed by atoms with Gasteiger partial charge < -0.3 is 15.1 Å². The second-order valence-electron chi connectivity index (χ2n) is 7.88. The summed E-state index contributed by atoms with van der Waals surface area (Å²) in [4.78, 5) is 18.8. The first kappa shape index (κ1) is 21.0. The van der Waals surface area contributed by atoms with E-state index in [0.717, 1.165) is 28.6 Å². The summed E-state index contributed by atoms with van der Waals surface area (Å²) >= 11 is 0. The summed E-state index contributed by atoms with van der Waals surface area (Å²) in [7, 11) is 0. The van der Waals surface area contributed by atoms with Crippen molar-refractivity contribution in [3.63, 3.8) is 0 Å². The molecule has 0 radical (unpaired) electrons. The minimum absolute atomic E-state index is 0.0252. The number of anilines is 2. The number of carbonyl (C=O) groups excluding carboxylic acids is 1. The molecule has 4 aromatic rings. The minimum atomic E-state index is -4.69. The summed E-state index contributed by atoms with van der Waals surface area (Å²) in [5, 5.41) is 0.755. The van der Waals surface area contributed by atoms with Crippen LogP contribution in [-0.4, -0.2) is 17.4 Å². The summed E-state index contributed by atoms with van der Waals surface area (Å²) in [6, 6.07) is 9.40. The molecule has 3 heterocycles. The Bertz CT molecular complexity index is 1390. The number of pyridine rings is 1. The first-order chi connectivity index (χ1) is 15.7. The van der Waals surface area contributed by atoms with Gasteiger partial charge in [-0.2, -0.15) is 13.2 Å². The molecule has 33 heavy (non-hydrogen) atoms. The zero-order valence-corrected chi connectivity index (χ0v) is 17.1. The number of hydrogen-bond acceptors (Lipinski definition) is 4. The quantitative estimate of drug-likeness (QED) is 0.422. The molecule has 0 aliphatic carbocycles. The van der Waals surface area contributed by atoms with Gasteiger partial charge in [0.25, 0.3) is 0 Å². The van der Waals surface area contributed by atoms with E-state index in [1.807, 2.05) is 6.07 Å². The Hall–Kier alpha value is -3.88. The van der Waals surface area contributed by atoms with Crippen LogP contribution in [0.5, 0.6) is 0 Å². The van der Waals surface area contributed by atoms with Crippen LogP contribution >= 0.6 is 0 Å². The van der Waals surface area contributed by atoms with Gasteiger partial charge in [0.15, 0.2) is 5.58 Å². The lowest BCUT2D eigenvalue weighted by atomic mass is 10.0. The third kappa shape index (κ3) is 3.79. The van der Waals surface area contributed by atoms with Crippen molar-refractivity contribution in [3.8, 4) is 11.3 Å². The van der Waals surface area contributed by atoms with Crippen LogP contribution in [0.2, 0.25) is 0 Å². The Kier molecular flexibility index (Phi) is 4.84. The van der Waals surface area contributed by atoms with Gasteiger partial charge in [0.1, 0.15) is 5.82 Å². The predicted molar refractivity (Wildman–Crippen MR) is 115 cm³/mol. The van der Waals surface area contributed by atoms with Gasteiger partial charge in [-0.1, -0.05) is 6.07 Å². The SMILES string of the molecule is Nc1c(-c2ccc3c(c2)CCN3C(=O)Cc2cc(F)cc(C(F)(F)F)c2)ncc2occc12. The number of amides is 1. The fraction of sp³-hybridized carbons (Fsp3) is 0.167. The van der Waals surface area contributed by atoms with Crippen LogP contribution in [0.15, 0.2) is 59.3 Å². The van der Waals surface area contributed by atoms with Crippen molar-refractivity contribution in [2.75, 3.05) is 17.2 Å². The minimum Gasteiger partial charge on any atom is -0.463 e. The second kappa shape index (κ2) is 7.61. The monoisotopic (exact) mass is 455 g/mol. The number of nitrogens with two attached hydrogens (primary N) is 1. The van der Waals surface area contributed by atoms with E-state index >= 15 is 0 Å². The number of rotatable bonds is 3. The van der Waals surface area contributed by atoms with E-state index in [1.165, 1.54) is 11.2 Å². The lowest BCUT2D eigenvalue weighted by Crippen LogP contribution is -2.30. The van der Waals surface area contributed by atoms with Crippen LogP contribution in [0.1, 0.15) is 16.7 Å². The highest BCUT2D eigenvalue weighted by Gasteiger charge is 2.32. The van der Waals surface area contributed by atoms with Crippen LogP contribution < -0.4 is 10.6 Å². The lowest BCUT2D eigenvalue weighted by molar-refractivity contribution is -0.137. The van der Waals surface area contributed by atoms with E-state index < -0.39 is 23.5 Å². The predicted octanol–water partition coefficient (Wildman–Crippen LogP) is 5.37. The van der Waals surface area contributed by atoms with E-state index in [0.29, 0.717) is 41.7 Å². The van der Waals surface area contributed by atoms with Gasteiger partial charge in [-0.25, -0.2) is 4.39 Å². The van der Waals surface area contributed by atoms with Gasteiger partial charge in [-0.15, -0.1) is 0 Å². The highest BCUT2D eigenvalue weighted by Crippen LogP contribution is 2.36. The normalized spacial score (nSPS) is 13.5. The average molecular weight is 455 g/mol. The van der Waals surface area contributed by atoms with Gasteiger partial charge in [0, 0.05) is 23.2 Å². The first-order valence-corrected chi connectivity index (χ1v) is 10.1. The molecule has 1 amide bonds. The van der Waals surface area contributed by atoms with Gasteiger partial charge in [-0.05, 0) is 53.9 Å². The number of aromatic nitrogens is 1. The molecule has 9 heteroatoms. The molecule has 2 aromatic carbocycles. The number of fused-ring (bicyclic) bond motifs is 2. The molecular weight excluding hydrogens is 438 g/mol. The highest BCUT2D eigenvalue weighted by molar-refractivity contribution is 5.99. The Morgan fingerprint density at radius 2 is 1.97 bits per heavy atom. The van der Waals surface area contributed by atoms with Gasteiger partial charge in [0.05, 0.1) is 35.8 Å². The van der Waals surface area contributed by atoms with Crippen LogP contribution in [0.25, 0.3) is 22.2 Å². The molecule has 5 nitrogen and oxygen atoms in total. The number of carbonyl (C=O) groups is 1. The van der Waals surface area contributed by atoms with Crippen molar-refractivity contribution < 1.29 is 26.8 Å². The molecule has 0 saturated heterocycles. The van der Waals surface area contributed by atoms with E-state index in [-0.39, 0.29) is 12.0 Å². The third-order valence-electron chi connectivity index (χ3n) is 5.74. The van der Waals surface area contributed by atoms with Gasteiger partial charge >= 0.3 is 6.18 Å². The summed E-state index contributed by atoms with van der Waals surface area (Å²) in [5.74, 6) is -1.43. The van der Waals surface area contributed by atoms with E-state index in [4.69, 9.17) is 10.2 Å². The largest absolute Gasteiger partial charge is 0.463 e. The number of nitrogens with zero attached hydrogens (tertiary/aromatic N) is 2. The molecule has 168 valence electrons. The van der Waals surface area contributed by atoms with Gasteiger partial charge in [0.2, 0.25) is 5.91 Å². The highest BCUT2D eigenvalue weighted by atomic mass is 19.4. The molecular formula is C24H17F4N3O2. The number of hydrogen-bond donors (Lipinski definition) is 1. The van der Waals surface area contributed by atoms with E-state index in [2.05, 4.69) is 4.98 Å². The molecule has 0 saturated carbocycles. The maximum Gasteiger partial charge on any atom is 0.416 e. The second-order valence-corrected chi connectivity index (χ2v) is 7.88. The molecule has 5 rings (SSSR count). The summed E-state index contributed by atoms with van der Waals surface area (Å²) < 4.78 is 57.9. The number of halogens is 4. The van der Waals surface area contributed by atoms with Crippen molar-refractivity contribution in [3.05, 3.63) is 77.4 Å². The van der Waals surface area contributed by atoms with Crippen molar-refractivity contribution in [1.29, 1.82) is 0 Å². The lowest BCUT2D eigenvalue weighted by Gasteiger charge is -2.18. The number of furan rings is 1. The summed E-state index contributed by atoms with van der Waals surface area (Å²) in [6.07, 6.45) is -1.33. The molecule has 1 aliphatic rings. The smallest absolute Gasteiger partial charge is 0.416 e. The topological polar surface area (TPSA) is 72.4 Å². The van der Waals surface area contributed by atoms with Crippen LogP contribution in [0.4, 0.5) is 28.9 Å². The molecule has 0 unspecified atom stereocenters. The zero-order valence-electron chi connectivity index (χ0n) is 17.1. The van der Waals surface area contributed by atoms with Crippen molar-refractivity contribution in [2.24, 2.45) is 0 Å². The Labute approximate surface area is 185 Å². The standard InChI is InChI=1S/C24H17F4N3O2/c25-17-8-13(7-16(11-17)24(26,27)28)9-21(32)31-5-3-14-10-15(1-2-19(14)31)23-22(29)18-4-6-33-20(18)12-30-23/h1-2,4,6-8,10-12H,3,5,9,29H2. The third-order valence-corrected chi connectivity index (χ3v) is 5.74. The van der Waals surface area contributed by atoms with Crippen LogP contribution in [0, 0.1) is 5.82 Å². The number of nitrogen functional groups attached to an aromatic ring is 1. The molecule has 0 bridgehead atoms. The molecule has 2 aromatic heterocycles. The molecule has 0 fully saturated rings. The Morgan fingerprint density at radius 3 is 2.76 bits per heavy atom.